The van der Waals surface area contributed by atoms with Gasteiger partial charge in [-0.1, -0.05) is 97.1 Å². The summed E-state index contributed by atoms with van der Waals surface area (Å²) >= 11 is 0. The first-order chi connectivity index (χ1) is 19.8. The van der Waals surface area contributed by atoms with E-state index in [1.807, 2.05) is 0 Å². The third kappa shape index (κ3) is 3.66. The molecule has 0 fully saturated rings. The number of hydrogen-bond donors (Lipinski definition) is 6. The van der Waals surface area contributed by atoms with Crippen LogP contribution in [-0.4, -0.2) is 12.3 Å². The largest absolute Gasteiger partial charge is 2.00 e. The normalized spacial score (nSPS) is 25.0. The quantitative estimate of drug-likeness (QED) is 0.162. The third-order valence-corrected chi connectivity index (χ3v) is 8.42. The van der Waals surface area contributed by atoms with Gasteiger partial charge in [0.15, 0.2) is 0 Å². The number of fused-ring (bicyclic) bond motifs is 18. The third-order valence-electron chi connectivity index (χ3n) is 8.42. The summed E-state index contributed by atoms with van der Waals surface area (Å²) in [6.45, 7) is 0. The molecule has 201 valence electrons. The molecule has 4 unspecified atom stereocenters. The second kappa shape index (κ2) is 9.16. The fourth-order valence-corrected chi connectivity index (χ4v) is 6.52. The Balaban J connectivity index is 0.00000256. The first kappa shape index (κ1) is 24.1. The van der Waals surface area contributed by atoms with Gasteiger partial charge in [0, 0.05) is 35.1 Å². The van der Waals surface area contributed by atoms with Crippen molar-refractivity contribution in [2.24, 2.45) is 11.8 Å². The molecule has 0 spiro atoms. The number of anilines is 4. The van der Waals surface area contributed by atoms with Gasteiger partial charge >= 0.3 is 17.1 Å². The van der Waals surface area contributed by atoms with E-state index in [0.29, 0.717) is 0 Å². The summed E-state index contributed by atoms with van der Waals surface area (Å²) in [6, 6.07) is 16.7. The number of rotatable bonds is 0. The summed E-state index contributed by atoms with van der Waals surface area (Å²) in [4.78, 5) is 10.2. The van der Waals surface area contributed by atoms with Crippen LogP contribution in [0.25, 0.3) is 21.5 Å². The maximum Gasteiger partial charge on any atom is 2.00 e. The van der Waals surface area contributed by atoms with Gasteiger partial charge in [-0.05, 0) is 32.7 Å². The van der Waals surface area contributed by atoms with Gasteiger partial charge in [0.2, 0.25) is 0 Å². The average Bonchev–Trinajstić information content (AvgIpc) is 3.73. The molecule has 5 aliphatic rings. The molecule has 8 bridgehead atoms. The molecule has 8 nitrogen and oxygen atoms in total. The van der Waals surface area contributed by atoms with E-state index in [1.54, 1.807) is 0 Å². The van der Waals surface area contributed by atoms with Crippen molar-refractivity contribution in [2.45, 2.75) is 12.3 Å². The molecule has 0 saturated carbocycles. The Kier molecular flexibility index (Phi) is 5.38. The Morgan fingerprint density at radius 2 is 0.902 bits per heavy atom. The van der Waals surface area contributed by atoms with Gasteiger partial charge in [0.1, 0.15) is 0 Å². The predicted octanol–water partition coefficient (Wildman–Crippen LogP) is 5.03. The van der Waals surface area contributed by atoms with Crippen LogP contribution >= 0.6 is 0 Å². The van der Waals surface area contributed by atoms with Crippen molar-refractivity contribution in [3.63, 3.8) is 0 Å². The van der Waals surface area contributed by atoms with E-state index in [-0.39, 0.29) is 41.2 Å². The van der Waals surface area contributed by atoms with Crippen LogP contribution in [0.5, 0.6) is 0 Å². The van der Waals surface area contributed by atoms with Crippen molar-refractivity contribution in [1.82, 2.24) is 20.6 Å². The van der Waals surface area contributed by atoms with Crippen LogP contribution < -0.4 is 41.9 Å². The number of aromatic nitrogens is 2. The van der Waals surface area contributed by atoms with Gasteiger partial charge < -0.3 is 41.9 Å². The summed E-state index contributed by atoms with van der Waals surface area (Å²) in [7, 11) is 0. The molecule has 9 heteroatoms. The molecule has 0 amide bonds. The minimum atomic E-state index is -0.0764. The summed E-state index contributed by atoms with van der Waals surface area (Å²) in [5.41, 5.74) is 2.38. The van der Waals surface area contributed by atoms with Crippen molar-refractivity contribution in [3.8, 4) is 0 Å². The molecule has 2 aromatic heterocycles. The topological polar surface area (TPSA) is 100 Å². The SMILES string of the molecule is C1=CC2=C3Nc4[n-]c(c5ccccc45)NC4=C5C=CC=CC5C(N4)Nc4[n-]c(c5ccccc45)NC(N3)C2C=C1.[Mn+2]. The Bertz CT molecular complexity index is 1770. The van der Waals surface area contributed by atoms with Crippen LogP contribution in [0.1, 0.15) is 0 Å². The van der Waals surface area contributed by atoms with E-state index in [4.69, 9.17) is 9.97 Å². The number of nitrogens with one attached hydrogen (secondary N) is 6. The van der Waals surface area contributed by atoms with Gasteiger partial charge in [-0.15, -0.1) is 0 Å². The van der Waals surface area contributed by atoms with Crippen LogP contribution in [0.15, 0.2) is 120 Å². The maximum absolute atomic E-state index is 5.11. The van der Waals surface area contributed by atoms with E-state index >= 15 is 0 Å². The molecule has 5 heterocycles. The Labute approximate surface area is 247 Å². The summed E-state index contributed by atoms with van der Waals surface area (Å²) in [6.07, 6.45) is 17.0. The second-order valence-electron chi connectivity index (χ2n) is 10.7. The van der Waals surface area contributed by atoms with Crippen molar-refractivity contribution < 1.29 is 17.1 Å². The van der Waals surface area contributed by atoms with Gasteiger partial charge in [-0.25, -0.2) is 0 Å². The zero-order chi connectivity index (χ0) is 26.2. The van der Waals surface area contributed by atoms with E-state index in [2.05, 4.69) is 129 Å². The van der Waals surface area contributed by atoms with Gasteiger partial charge in [-0.3, -0.25) is 0 Å². The molecule has 6 N–H and O–H groups in total. The molecule has 0 saturated heterocycles. The second-order valence-corrected chi connectivity index (χ2v) is 10.7. The monoisotopic (exact) mass is 577 g/mol. The van der Waals surface area contributed by atoms with Crippen molar-refractivity contribution in [2.75, 3.05) is 21.3 Å². The van der Waals surface area contributed by atoms with Crippen molar-refractivity contribution >= 4 is 44.8 Å². The molecule has 4 atom stereocenters. The molecule has 3 aliphatic heterocycles. The van der Waals surface area contributed by atoms with Crippen LogP contribution in [0.3, 0.4) is 0 Å². The van der Waals surface area contributed by atoms with E-state index in [9.17, 15) is 0 Å². The molecular formula is C32H26MnN8. The number of benzene rings is 2. The Morgan fingerprint density at radius 3 is 1.37 bits per heavy atom. The standard InChI is InChI=1S/C32H26N8.Mn/c1-2-10-18-17(9-1)25-33-26(18)38-28-21-13-5-6-14-22(21)30(35-28)40-32-24-16-8-7-15-23(24)31(36-32)39-29-20-12-4-3-11-19(20)27(34-29)37-25;/h1-17,23,25,31,33,36-40H;/q-2;+2. The van der Waals surface area contributed by atoms with Gasteiger partial charge in [0.25, 0.3) is 0 Å². The van der Waals surface area contributed by atoms with E-state index < -0.39 is 0 Å². The fourth-order valence-electron chi connectivity index (χ4n) is 6.52. The number of hydrogen-bond acceptors (Lipinski definition) is 6. The van der Waals surface area contributed by atoms with Crippen LogP contribution in [0.2, 0.25) is 0 Å². The van der Waals surface area contributed by atoms with Crippen molar-refractivity contribution in [3.05, 3.63) is 120 Å². The van der Waals surface area contributed by atoms with Gasteiger partial charge in [0.05, 0.1) is 24.0 Å². The first-order valence-corrected chi connectivity index (χ1v) is 13.7. The molecule has 2 aromatic carbocycles. The summed E-state index contributed by atoms with van der Waals surface area (Å²) < 4.78 is 0. The van der Waals surface area contributed by atoms with E-state index in [1.165, 1.54) is 11.1 Å². The average molecular weight is 578 g/mol. The maximum atomic E-state index is 5.11. The minimum Gasteiger partial charge on any atom is -0.421 e. The van der Waals surface area contributed by atoms with Crippen molar-refractivity contribution in [1.29, 1.82) is 0 Å². The van der Waals surface area contributed by atoms with Crippen LogP contribution in [0.4, 0.5) is 23.3 Å². The molecular weight excluding hydrogens is 551 g/mol. The molecule has 2 aliphatic carbocycles. The fraction of sp³-hybridized carbons (Fsp3) is 0.125. The van der Waals surface area contributed by atoms with E-state index in [0.717, 1.165) is 56.5 Å². The minimum absolute atomic E-state index is 0. The number of nitrogens with zero attached hydrogens (tertiary/aromatic N) is 2. The predicted molar refractivity (Wildman–Crippen MR) is 160 cm³/mol. The van der Waals surface area contributed by atoms with Gasteiger partial charge in [-0.2, -0.15) is 0 Å². The number of allylic oxidation sites excluding steroid dienone is 6. The van der Waals surface area contributed by atoms with Crippen LogP contribution in [-0.2, 0) is 17.1 Å². The molecule has 41 heavy (non-hydrogen) atoms. The molecule has 9 rings (SSSR count). The first-order valence-electron chi connectivity index (χ1n) is 13.7. The summed E-state index contributed by atoms with van der Waals surface area (Å²) in [5, 5.41) is 26.5. The molecule has 1 radical (unpaired) electrons. The summed E-state index contributed by atoms with van der Waals surface area (Å²) in [5.74, 6) is 5.51. The van der Waals surface area contributed by atoms with Crippen LogP contribution in [0, 0.1) is 11.8 Å². The zero-order valence-electron chi connectivity index (χ0n) is 21.8. The zero-order valence-corrected chi connectivity index (χ0v) is 23.0. The smallest absolute Gasteiger partial charge is 0.421 e. The Morgan fingerprint density at radius 1 is 0.488 bits per heavy atom. The molecule has 4 aromatic rings. The Hall–Kier alpha value is -4.72.